The Bertz CT molecular complexity index is 875. The summed E-state index contributed by atoms with van der Waals surface area (Å²) in [5, 5.41) is 13.5. The van der Waals surface area contributed by atoms with Gasteiger partial charge in [0.2, 0.25) is 11.8 Å². The van der Waals surface area contributed by atoms with Crippen molar-refractivity contribution in [1.82, 2.24) is 10.2 Å². The Balaban J connectivity index is 2.02. The Morgan fingerprint density at radius 3 is 2.30 bits per heavy atom. The Labute approximate surface area is 188 Å². The maximum Gasteiger partial charge on any atom is 0.269 e. The van der Waals surface area contributed by atoms with Gasteiger partial charge in [-0.3, -0.25) is 19.7 Å². The van der Waals surface area contributed by atoms with Crippen molar-refractivity contribution < 1.29 is 14.5 Å². The summed E-state index contributed by atoms with van der Waals surface area (Å²) in [5.74, 6) is 0.426. The molecule has 0 aliphatic rings. The van der Waals surface area contributed by atoms with Gasteiger partial charge in [0.15, 0.2) is 0 Å². The minimum Gasteiger partial charge on any atom is -0.355 e. The summed E-state index contributed by atoms with van der Waals surface area (Å²) < 4.78 is 0.944. The van der Waals surface area contributed by atoms with Crippen LogP contribution in [0.25, 0.3) is 0 Å². The van der Waals surface area contributed by atoms with Crippen LogP contribution in [0.15, 0.2) is 53.0 Å². The highest BCUT2D eigenvalue weighted by Gasteiger charge is 2.25. The van der Waals surface area contributed by atoms with E-state index >= 15 is 0 Å². The number of likely N-dealkylation sites (N-methyl/N-ethyl adjacent to an activating group) is 1. The molecule has 0 unspecified atom stereocenters. The van der Waals surface area contributed by atoms with Gasteiger partial charge < -0.3 is 10.2 Å². The summed E-state index contributed by atoms with van der Waals surface area (Å²) in [6.45, 7) is 4.40. The molecule has 7 nitrogen and oxygen atoms in total. The molecule has 0 bridgehead atoms. The number of carbonyl (C=O) groups is 2. The van der Waals surface area contributed by atoms with Crippen LogP contribution < -0.4 is 5.32 Å². The first-order valence-electron chi connectivity index (χ1n) is 9.44. The maximum absolute atomic E-state index is 12.9. The van der Waals surface area contributed by atoms with Gasteiger partial charge in [-0.1, -0.05) is 40.2 Å². The summed E-state index contributed by atoms with van der Waals surface area (Å²) in [6.07, 6.45) is 0. The Morgan fingerprint density at radius 2 is 1.73 bits per heavy atom. The molecular weight excluding hydrogens is 470 g/mol. The molecule has 0 saturated heterocycles. The van der Waals surface area contributed by atoms with Crippen LogP contribution in [-0.2, 0) is 21.9 Å². The number of nitrogens with one attached hydrogen (secondary N) is 1. The van der Waals surface area contributed by atoms with Crippen LogP contribution in [0.1, 0.15) is 25.0 Å². The number of hydrogen-bond donors (Lipinski definition) is 1. The molecule has 0 heterocycles. The highest BCUT2D eigenvalue weighted by molar-refractivity contribution is 9.10. The van der Waals surface area contributed by atoms with E-state index in [0.717, 1.165) is 15.6 Å². The minimum absolute atomic E-state index is 0.0382. The summed E-state index contributed by atoms with van der Waals surface area (Å²) in [5.41, 5.74) is 1.87. The van der Waals surface area contributed by atoms with Gasteiger partial charge in [0.05, 0.1) is 10.7 Å². The van der Waals surface area contributed by atoms with E-state index in [9.17, 15) is 19.7 Å². The minimum atomic E-state index is -0.596. The van der Waals surface area contributed by atoms with Crippen LogP contribution in [-0.4, -0.2) is 40.0 Å². The first-order valence-corrected chi connectivity index (χ1v) is 11.4. The normalized spacial score (nSPS) is 11.6. The number of benzene rings is 2. The lowest BCUT2D eigenvalue weighted by molar-refractivity contribution is -0.384. The van der Waals surface area contributed by atoms with E-state index in [4.69, 9.17) is 0 Å². The highest BCUT2D eigenvalue weighted by atomic mass is 79.9. The van der Waals surface area contributed by atoms with E-state index in [-0.39, 0.29) is 23.3 Å². The van der Waals surface area contributed by atoms with Gasteiger partial charge in [0.25, 0.3) is 5.69 Å². The summed E-state index contributed by atoms with van der Waals surface area (Å²) in [6, 6.07) is 13.3. The van der Waals surface area contributed by atoms with Crippen LogP contribution in [0, 0.1) is 10.1 Å². The van der Waals surface area contributed by atoms with E-state index in [2.05, 4.69) is 21.2 Å². The predicted octanol–water partition coefficient (Wildman–Crippen LogP) is 4.14. The van der Waals surface area contributed by atoms with Crippen LogP contribution in [0.4, 0.5) is 5.69 Å². The summed E-state index contributed by atoms with van der Waals surface area (Å²) >= 11 is 4.81. The first kappa shape index (κ1) is 23.9. The maximum atomic E-state index is 12.9. The topological polar surface area (TPSA) is 92.6 Å². The molecule has 0 radical (unpaired) electrons. The number of rotatable bonds is 10. The van der Waals surface area contributed by atoms with Crippen molar-refractivity contribution in [3.63, 3.8) is 0 Å². The molecule has 2 rings (SSSR count). The number of non-ortho nitro benzene ring substituents is 1. The van der Waals surface area contributed by atoms with Gasteiger partial charge in [0, 0.05) is 35.4 Å². The lowest BCUT2D eigenvalue weighted by atomic mass is 10.1. The standard InChI is InChI=1S/C21H24BrN3O4S/c1-3-23-21(27)15(2)24(12-16-4-8-18(22)9-5-16)20(26)14-30-13-17-6-10-19(11-7-17)25(28)29/h4-11,15H,3,12-14H2,1-2H3,(H,23,27)/t15-/m0/s1. The lowest BCUT2D eigenvalue weighted by Crippen LogP contribution is -2.48. The van der Waals surface area contributed by atoms with Gasteiger partial charge in [-0.2, -0.15) is 0 Å². The van der Waals surface area contributed by atoms with Gasteiger partial charge in [-0.15, -0.1) is 11.8 Å². The van der Waals surface area contributed by atoms with E-state index in [1.54, 1.807) is 24.0 Å². The largest absolute Gasteiger partial charge is 0.355 e. The third-order valence-electron chi connectivity index (χ3n) is 4.43. The van der Waals surface area contributed by atoms with Gasteiger partial charge in [0.1, 0.15) is 6.04 Å². The Hall–Kier alpha value is -2.39. The van der Waals surface area contributed by atoms with E-state index in [1.165, 1.54) is 23.9 Å². The third-order valence-corrected chi connectivity index (χ3v) is 5.94. The molecule has 2 aromatic rings. The predicted molar refractivity (Wildman–Crippen MR) is 122 cm³/mol. The van der Waals surface area contributed by atoms with Gasteiger partial charge in [-0.05, 0) is 37.1 Å². The monoisotopic (exact) mass is 493 g/mol. The smallest absolute Gasteiger partial charge is 0.269 e. The van der Waals surface area contributed by atoms with Crippen molar-refractivity contribution >= 4 is 45.2 Å². The number of halogens is 1. The van der Waals surface area contributed by atoms with Gasteiger partial charge in [-0.25, -0.2) is 0 Å². The number of nitro benzene ring substituents is 1. The van der Waals surface area contributed by atoms with Crippen molar-refractivity contribution in [2.24, 2.45) is 0 Å². The van der Waals surface area contributed by atoms with Crippen LogP contribution in [0.5, 0.6) is 0 Å². The molecular formula is C21H24BrN3O4S. The average Bonchev–Trinajstić information content (AvgIpc) is 2.73. The lowest BCUT2D eigenvalue weighted by Gasteiger charge is -2.28. The number of carbonyl (C=O) groups excluding carboxylic acids is 2. The third kappa shape index (κ3) is 7.14. The summed E-state index contributed by atoms with van der Waals surface area (Å²) in [4.78, 5) is 37.1. The second kappa shape index (κ2) is 11.7. The van der Waals surface area contributed by atoms with E-state index in [1.807, 2.05) is 31.2 Å². The van der Waals surface area contributed by atoms with Crippen LogP contribution in [0.2, 0.25) is 0 Å². The SMILES string of the molecule is CCNC(=O)[C@H](C)N(Cc1ccc(Br)cc1)C(=O)CSCc1ccc([N+](=O)[O-])cc1. The molecule has 0 fully saturated rings. The van der Waals surface area contributed by atoms with Crippen molar-refractivity contribution in [2.75, 3.05) is 12.3 Å². The molecule has 30 heavy (non-hydrogen) atoms. The van der Waals surface area contributed by atoms with Gasteiger partial charge >= 0.3 is 0 Å². The molecule has 1 N–H and O–H groups in total. The second-order valence-electron chi connectivity index (χ2n) is 6.64. The molecule has 0 saturated carbocycles. The number of thioether (sulfide) groups is 1. The average molecular weight is 494 g/mol. The molecule has 0 aliphatic carbocycles. The van der Waals surface area contributed by atoms with Crippen LogP contribution >= 0.6 is 27.7 Å². The number of amides is 2. The van der Waals surface area contributed by atoms with E-state index < -0.39 is 11.0 Å². The Morgan fingerprint density at radius 1 is 1.13 bits per heavy atom. The second-order valence-corrected chi connectivity index (χ2v) is 8.54. The van der Waals surface area contributed by atoms with E-state index in [0.29, 0.717) is 18.8 Å². The molecule has 0 spiro atoms. The molecule has 2 aromatic carbocycles. The van der Waals surface area contributed by atoms with Crippen LogP contribution in [0.3, 0.4) is 0 Å². The molecule has 0 aromatic heterocycles. The molecule has 0 aliphatic heterocycles. The van der Waals surface area contributed by atoms with Crippen molar-refractivity contribution in [3.05, 3.63) is 74.2 Å². The van der Waals surface area contributed by atoms with Crippen molar-refractivity contribution in [3.8, 4) is 0 Å². The quantitative estimate of drug-likeness (QED) is 0.396. The fourth-order valence-corrected chi connectivity index (χ4v) is 3.88. The number of hydrogen-bond acceptors (Lipinski definition) is 5. The Kier molecular flexibility index (Phi) is 9.32. The fourth-order valence-electron chi connectivity index (χ4n) is 2.74. The zero-order valence-corrected chi connectivity index (χ0v) is 19.2. The summed E-state index contributed by atoms with van der Waals surface area (Å²) in [7, 11) is 0. The fraction of sp³-hybridized carbons (Fsp3) is 0.333. The zero-order chi connectivity index (χ0) is 22.1. The number of nitrogens with zero attached hydrogens (tertiary/aromatic N) is 2. The molecule has 2 amide bonds. The highest BCUT2D eigenvalue weighted by Crippen LogP contribution is 2.19. The van der Waals surface area contributed by atoms with Crippen molar-refractivity contribution in [2.45, 2.75) is 32.2 Å². The number of nitro groups is 1. The first-order chi connectivity index (χ1) is 14.3. The molecule has 160 valence electrons. The molecule has 9 heteroatoms. The van der Waals surface area contributed by atoms with Crippen molar-refractivity contribution in [1.29, 1.82) is 0 Å². The molecule has 1 atom stereocenters. The zero-order valence-electron chi connectivity index (χ0n) is 16.8.